The van der Waals surface area contributed by atoms with Gasteiger partial charge in [0.2, 0.25) is 0 Å². The minimum absolute atomic E-state index is 0.126. The van der Waals surface area contributed by atoms with E-state index in [1.807, 2.05) is 11.3 Å². The van der Waals surface area contributed by atoms with Gasteiger partial charge in [-0.1, -0.05) is 0 Å². The van der Waals surface area contributed by atoms with Crippen LogP contribution in [-0.2, 0) is 6.54 Å². The van der Waals surface area contributed by atoms with Crippen LogP contribution in [0.4, 0.5) is 0 Å². The monoisotopic (exact) mass is 210 g/mol. The maximum Gasteiger partial charge on any atom is 0.0300 e. The van der Waals surface area contributed by atoms with Crippen LogP contribution < -0.4 is 11.1 Å². The summed E-state index contributed by atoms with van der Waals surface area (Å²) in [5, 5.41) is 3.43. The Balaban J connectivity index is 1.80. The highest BCUT2D eigenvalue weighted by molar-refractivity contribution is 7.12. The third-order valence-corrected chi connectivity index (χ3v) is 4.04. The van der Waals surface area contributed by atoms with Crippen molar-refractivity contribution in [3.8, 4) is 0 Å². The molecule has 3 N–H and O–H groups in total. The fourth-order valence-corrected chi connectivity index (χ4v) is 2.53. The highest BCUT2D eigenvalue weighted by atomic mass is 32.1. The van der Waals surface area contributed by atoms with E-state index in [-0.39, 0.29) is 5.54 Å². The third-order valence-electron chi connectivity index (χ3n) is 2.89. The van der Waals surface area contributed by atoms with Crippen molar-refractivity contribution in [2.45, 2.75) is 38.8 Å². The number of rotatable bonds is 4. The number of nitrogens with one attached hydrogen (secondary N) is 1. The Morgan fingerprint density at radius 2 is 2.21 bits per heavy atom. The van der Waals surface area contributed by atoms with Gasteiger partial charge in [-0.2, -0.15) is 0 Å². The summed E-state index contributed by atoms with van der Waals surface area (Å²) in [6.07, 6.45) is 2.37. The van der Waals surface area contributed by atoms with Crippen molar-refractivity contribution >= 4 is 11.3 Å². The Hall–Kier alpha value is -0.380. The average molecular weight is 210 g/mol. The summed E-state index contributed by atoms with van der Waals surface area (Å²) in [6, 6.07) is 2.27. The Labute approximate surface area is 89.5 Å². The zero-order chi connectivity index (χ0) is 10.2. The van der Waals surface area contributed by atoms with Crippen molar-refractivity contribution in [1.29, 1.82) is 0 Å². The number of thiophene rings is 1. The lowest BCUT2D eigenvalue weighted by molar-refractivity contribution is 0.572. The fourth-order valence-electron chi connectivity index (χ4n) is 1.51. The lowest BCUT2D eigenvalue weighted by Crippen LogP contribution is -2.35. The molecule has 1 aliphatic carbocycles. The van der Waals surface area contributed by atoms with E-state index in [9.17, 15) is 0 Å². The van der Waals surface area contributed by atoms with E-state index in [4.69, 9.17) is 5.73 Å². The first kappa shape index (κ1) is 10.1. The molecule has 2 rings (SSSR count). The first-order chi connectivity index (χ1) is 6.59. The summed E-state index contributed by atoms with van der Waals surface area (Å²) in [4.78, 5) is 2.85. The molecule has 0 radical (unpaired) electrons. The summed E-state index contributed by atoms with van der Waals surface area (Å²) >= 11 is 1.88. The molecule has 3 heteroatoms. The Morgan fingerprint density at radius 1 is 1.50 bits per heavy atom. The second kappa shape index (κ2) is 3.65. The molecule has 0 spiro atoms. The van der Waals surface area contributed by atoms with Crippen LogP contribution in [0.3, 0.4) is 0 Å². The van der Waals surface area contributed by atoms with Crippen LogP contribution in [0, 0.1) is 13.8 Å². The molecule has 0 atom stereocenters. The van der Waals surface area contributed by atoms with Gasteiger partial charge in [-0.3, -0.25) is 0 Å². The van der Waals surface area contributed by atoms with E-state index in [2.05, 4.69) is 25.2 Å². The molecule has 78 valence electrons. The smallest absolute Gasteiger partial charge is 0.0300 e. The second-order valence-corrected chi connectivity index (χ2v) is 5.76. The summed E-state index contributed by atoms with van der Waals surface area (Å²) in [5.41, 5.74) is 7.52. The van der Waals surface area contributed by atoms with Gasteiger partial charge in [-0.05, 0) is 38.3 Å². The first-order valence-corrected chi connectivity index (χ1v) is 5.96. The maximum absolute atomic E-state index is 5.99. The Kier molecular flexibility index (Phi) is 2.64. The van der Waals surface area contributed by atoms with E-state index in [1.54, 1.807) is 0 Å². The SMILES string of the molecule is Cc1cc(CNCC2(N)CC2)sc1C. The van der Waals surface area contributed by atoms with Gasteiger partial charge in [0.1, 0.15) is 0 Å². The van der Waals surface area contributed by atoms with E-state index >= 15 is 0 Å². The molecular formula is C11H18N2S. The van der Waals surface area contributed by atoms with Crippen LogP contribution >= 0.6 is 11.3 Å². The Morgan fingerprint density at radius 3 is 2.71 bits per heavy atom. The van der Waals surface area contributed by atoms with Crippen LogP contribution in [0.15, 0.2) is 6.07 Å². The van der Waals surface area contributed by atoms with Gasteiger partial charge in [-0.25, -0.2) is 0 Å². The maximum atomic E-state index is 5.99. The predicted molar refractivity (Wildman–Crippen MR) is 61.7 cm³/mol. The number of hydrogen-bond acceptors (Lipinski definition) is 3. The van der Waals surface area contributed by atoms with Crippen LogP contribution in [0.2, 0.25) is 0 Å². The molecule has 0 bridgehead atoms. The van der Waals surface area contributed by atoms with Crippen molar-refractivity contribution < 1.29 is 0 Å². The molecule has 1 aromatic heterocycles. The first-order valence-electron chi connectivity index (χ1n) is 5.15. The molecular weight excluding hydrogens is 192 g/mol. The van der Waals surface area contributed by atoms with Crippen molar-refractivity contribution in [1.82, 2.24) is 5.32 Å². The molecule has 1 saturated carbocycles. The van der Waals surface area contributed by atoms with Gasteiger partial charge in [-0.15, -0.1) is 11.3 Å². The van der Waals surface area contributed by atoms with Gasteiger partial charge in [0, 0.05) is 28.4 Å². The number of hydrogen-bond donors (Lipinski definition) is 2. The third kappa shape index (κ3) is 2.35. The van der Waals surface area contributed by atoms with Gasteiger partial charge in [0.25, 0.3) is 0 Å². The zero-order valence-corrected chi connectivity index (χ0v) is 9.71. The highest BCUT2D eigenvalue weighted by Gasteiger charge is 2.37. The summed E-state index contributed by atoms with van der Waals surface area (Å²) in [5.74, 6) is 0. The van der Waals surface area contributed by atoms with E-state index in [0.717, 1.165) is 13.1 Å². The molecule has 1 aromatic rings. The highest BCUT2D eigenvalue weighted by Crippen LogP contribution is 2.31. The summed E-state index contributed by atoms with van der Waals surface area (Å²) in [7, 11) is 0. The lowest BCUT2D eigenvalue weighted by Gasteiger charge is -2.08. The minimum atomic E-state index is 0.126. The van der Waals surface area contributed by atoms with Crippen molar-refractivity contribution in [3.05, 3.63) is 21.4 Å². The molecule has 0 saturated heterocycles. The van der Waals surface area contributed by atoms with Gasteiger partial charge in [0.15, 0.2) is 0 Å². The molecule has 0 aromatic carbocycles. The second-order valence-electron chi connectivity index (χ2n) is 4.42. The predicted octanol–water partition coefficient (Wildman–Crippen LogP) is 1.95. The summed E-state index contributed by atoms with van der Waals surface area (Å²) < 4.78 is 0. The topological polar surface area (TPSA) is 38.0 Å². The minimum Gasteiger partial charge on any atom is -0.324 e. The Bertz CT molecular complexity index is 307. The van der Waals surface area contributed by atoms with Crippen LogP contribution in [0.1, 0.15) is 28.2 Å². The normalized spacial score (nSPS) is 18.5. The molecule has 2 nitrogen and oxygen atoms in total. The van der Waals surface area contributed by atoms with Crippen molar-refractivity contribution in [3.63, 3.8) is 0 Å². The van der Waals surface area contributed by atoms with Gasteiger partial charge in [0.05, 0.1) is 0 Å². The van der Waals surface area contributed by atoms with Gasteiger partial charge >= 0.3 is 0 Å². The molecule has 1 heterocycles. The molecule has 1 aliphatic rings. The van der Waals surface area contributed by atoms with Crippen molar-refractivity contribution in [2.75, 3.05) is 6.54 Å². The lowest BCUT2D eigenvalue weighted by atomic mass is 10.2. The van der Waals surface area contributed by atoms with E-state index in [1.165, 1.54) is 28.2 Å². The van der Waals surface area contributed by atoms with Crippen LogP contribution in [0.5, 0.6) is 0 Å². The largest absolute Gasteiger partial charge is 0.324 e. The number of nitrogens with two attached hydrogens (primary N) is 1. The number of aryl methyl sites for hydroxylation is 2. The van der Waals surface area contributed by atoms with Crippen molar-refractivity contribution in [2.24, 2.45) is 5.73 Å². The molecule has 14 heavy (non-hydrogen) atoms. The van der Waals surface area contributed by atoms with E-state index in [0.29, 0.717) is 0 Å². The van der Waals surface area contributed by atoms with Gasteiger partial charge < -0.3 is 11.1 Å². The molecule has 1 fully saturated rings. The molecule has 0 aliphatic heterocycles. The summed E-state index contributed by atoms with van der Waals surface area (Å²) in [6.45, 7) is 6.27. The average Bonchev–Trinajstić information content (AvgIpc) is 2.75. The van der Waals surface area contributed by atoms with Crippen LogP contribution in [0.25, 0.3) is 0 Å². The van der Waals surface area contributed by atoms with Crippen LogP contribution in [-0.4, -0.2) is 12.1 Å². The quantitative estimate of drug-likeness (QED) is 0.797. The molecule has 0 amide bonds. The molecule has 0 unspecified atom stereocenters. The van der Waals surface area contributed by atoms with E-state index < -0.39 is 0 Å². The zero-order valence-electron chi connectivity index (χ0n) is 8.89. The fraction of sp³-hybridized carbons (Fsp3) is 0.636. The standard InChI is InChI=1S/C11H18N2S/c1-8-5-10(14-9(8)2)6-13-7-11(12)3-4-11/h5,13H,3-4,6-7,12H2,1-2H3.